The van der Waals surface area contributed by atoms with E-state index in [1.807, 2.05) is 13.8 Å². The van der Waals surface area contributed by atoms with E-state index in [0.29, 0.717) is 11.8 Å². The minimum absolute atomic E-state index is 0.130. The molecular weight excluding hydrogens is 262 g/mol. The third kappa shape index (κ3) is 5.52. The molecule has 1 aromatic rings. The Kier molecular flexibility index (Phi) is 6.54. The molecule has 1 N–H and O–H groups in total. The third-order valence-electron chi connectivity index (χ3n) is 1.81. The highest BCUT2D eigenvalue weighted by molar-refractivity contribution is 7.99. The van der Waals surface area contributed by atoms with Crippen molar-refractivity contribution in [1.29, 1.82) is 0 Å². The van der Waals surface area contributed by atoms with Crippen LogP contribution in [0.3, 0.4) is 0 Å². The molecule has 0 amide bonds. The number of rotatable bonds is 7. The van der Waals surface area contributed by atoms with Crippen LogP contribution in [-0.2, 0) is 0 Å². The molecule has 0 bridgehead atoms. The molecule has 0 saturated carbocycles. The van der Waals surface area contributed by atoms with Crippen LogP contribution in [0.25, 0.3) is 0 Å². The number of thioether (sulfide) groups is 1. The summed E-state index contributed by atoms with van der Waals surface area (Å²) in [5.41, 5.74) is 0. The first-order chi connectivity index (χ1) is 8.15. The fraction of sp³-hybridized carbons (Fsp3) is 0.700. The Balaban J connectivity index is 2.61. The van der Waals surface area contributed by atoms with E-state index in [0.717, 1.165) is 12.2 Å². The molecule has 96 valence electrons. The maximum atomic E-state index is 8.92. The molecular formula is C10H16ClN3O2S. The van der Waals surface area contributed by atoms with E-state index in [1.165, 1.54) is 11.8 Å². The minimum Gasteiger partial charge on any atom is -0.463 e. The molecule has 0 spiro atoms. The van der Waals surface area contributed by atoms with Gasteiger partial charge in [-0.1, -0.05) is 25.6 Å². The van der Waals surface area contributed by atoms with Crippen molar-refractivity contribution in [3.05, 3.63) is 5.28 Å². The Bertz CT molecular complexity index is 354. The molecule has 0 aliphatic rings. The minimum atomic E-state index is 0.130. The van der Waals surface area contributed by atoms with Crippen molar-refractivity contribution in [2.45, 2.75) is 25.4 Å². The van der Waals surface area contributed by atoms with Crippen LogP contribution < -0.4 is 4.74 Å². The summed E-state index contributed by atoms with van der Waals surface area (Å²) in [7, 11) is 0. The van der Waals surface area contributed by atoms with Crippen molar-refractivity contribution in [2.75, 3.05) is 19.0 Å². The van der Waals surface area contributed by atoms with Gasteiger partial charge in [0.1, 0.15) is 0 Å². The zero-order valence-electron chi connectivity index (χ0n) is 9.89. The zero-order chi connectivity index (χ0) is 12.7. The molecule has 0 aliphatic heterocycles. The van der Waals surface area contributed by atoms with Gasteiger partial charge in [-0.2, -0.15) is 15.0 Å². The highest BCUT2D eigenvalue weighted by atomic mass is 35.5. The van der Waals surface area contributed by atoms with Gasteiger partial charge in [-0.3, -0.25) is 0 Å². The van der Waals surface area contributed by atoms with E-state index in [9.17, 15) is 0 Å². The van der Waals surface area contributed by atoms with E-state index < -0.39 is 0 Å². The van der Waals surface area contributed by atoms with E-state index >= 15 is 0 Å². The fourth-order valence-electron chi connectivity index (χ4n) is 0.907. The quantitative estimate of drug-likeness (QED) is 0.769. The third-order valence-corrected chi connectivity index (χ3v) is 3.16. The smallest absolute Gasteiger partial charge is 0.321 e. The molecule has 0 fully saturated rings. The first-order valence-corrected chi connectivity index (χ1v) is 6.80. The number of aromatic nitrogens is 3. The molecule has 1 heterocycles. The maximum Gasteiger partial charge on any atom is 0.321 e. The summed E-state index contributed by atoms with van der Waals surface area (Å²) >= 11 is 7.20. The lowest BCUT2D eigenvalue weighted by atomic mass is 10.2. The summed E-state index contributed by atoms with van der Waals surface area (Å²) in [5.74, 6) is 0.917. The molecule has 1 atom stereocenters. The second kappa shape index (κ2) is 7.68. The molecule has 1 aromatic heterocycles. The van der Waals surface area contributed by atoms with E-state index in [1.54, 1.807) is 0 Å². The van der Waals surface area contributed by atoms with Crippen molar-refractivity contribution < 1.29 is 9.84 Å². The lowest BCUT2D eigenvalue weighted by Crippen LogP contribution is -2.06. The van der Waals surface area contributed by atoms with E-state index in [4.69, 9.17) is 21.4 Å². The van der Waals surface area contributed by atoms with Gasteiger partial charge < -0.3 is 9.84 Å². The molecule has 0 radical (unpaired) electrons. The maximum absolute atomic E-state index is 8.92. The molecule has 17 heavy (non-hydrogen) atoms. The molecule has 1 rings (SSSR count). The van der Waals surface area contributed by atoms with Crippen LogP contribution in [0.2, 0.25) is 5.28 Å². The van der Waals surface area contributed by atoms with Crippen LogP contribution in [0, 0.1) is 5.92 Å². The summed E-state index contributed by atoms with van der Waals surface area (Å²) in [5, 5.41) is 9.58. The van der Waals surface area contributed by atoms with Crippen LogP contribution >= 0.6 is 23.4 Å². The Morgan fingerprint density at radius 3 is 2.82 bits per heavy atom. The predicted molar refractivity (Wildman–Crippen MR) is 67.6 cm³/mol. The number of ether oxygens (including phenoxy) is 1. The standard InChI is InChI=1S/C10H16ClN3O2S/c1-3-4-16-9-12-8(11)13-10(14-9)17-6-7(2)5-15/h7,15H,3-6H2,1-2H3. The monoisotopic (exact) mass is 277 g/mol. The molecule has 1 unspecified atom stereocenters. The zero-order valence-corrected chi connectivity index (χ0v) is 11.5. The average Bonchev–Trinajstić information content (AvgIpc) is 2.32. The van der Waals surface area contributed by atoms with Crippen molar-refractivity contribution >= 4 is 23.4 Å². The van der Waals surface area contributed by atoms with Gasteiger partial charge in [0.2, 0.25) is 5.28 Å². The Morgan fingerprint density at radius 2 is 2.18 bits per heavy atom. The summed E-state index contributed by atoms with van der Waals surface area (Å²) in [6, 6.07) is 0.256. The Labute approximate surface area is 110 Å². The van der Waals surface area contributed by atoms with Gasteiger partial charge in [0.05, 0.1) is 6.61 Å². The van der Waals surface area contributed by atoms with Crippen LogP contribution in [0.5, 0.6) is 6.01 Å². The first kappa shape index (κ1) is 14.5. The van der Waals surface area contributed by atoms with Gasteiger partial charge in [-0.15, -0.1) is 0 Å². The Hall–Kier alpha value is -0.590. The van der Waals surface area contributed by atoms with E-state index in [-0.39, 0.29) is 23.8 Å². The number of halogens is 1. The molecule has 7 heteroatoms. The molecule has 0 aliphatic carbocycles. The predicted octanol–water partition coefficient (Wildman–Crippen LogP) is 2.03. The van der Waals surface area contributed by atoms with Gasteiger partial charge in [0.15, 0.2) is 5.16 Å². The second-order valence-corrected chi connectivity index (χ2v) is 4.94. The highest BCUT2D eigenvalue weighted by Crippen LogP contribution is 2.19. The number of aliphatic hydroxyl groups is 1. The lowest BCUT2D eigenvalue weighted by molar-refractivity contribution is 0.250. The lowest BCUT2D eigenvalue weighted by Gasteiger charge is -2.07. The highest BCUT2D eigenvalue weighted by Gasteiger charge is 2.08. The Morgan fingerprint density at radius 1 is 1.41 bits per heavy atom. The van der Waals surface area contributed by atoms with Gasteiger partial charge in [-0.05, 0) is 23.9 Å². The number of aliphatic hydroxyl groups excluding tert-OH is 1. The summed E-state index contributed by atoms with van der Waals surface area (Å²) < 4.78 is 5.30. The van der Waals surface area contributed by atoms with Crippen molar-refractivity contribution in [2.24, 2.45) is 5.92 Å². The van der Waals surface area contributed by atoms with Crippen molar-refractivity contribution in [3.63, 3.8) is 0 Å². The topological polar surface area (TPSA) is 68.1 Å². The van der Waals surface area contributed by atoms with Gasteiger partial charge >= 0.3 is 6.01 Å². The van der Waals surface area contributed by atoms with Crippen LogP contribution in [-0.4, -0.2) is 39.0 Å². The number of nitrogens with zero attached hydrogens (tertiary/aromatic N) is 3. The average molecular weight is 278 g/mol. The van der Waals surface area contributed by atoms with Crippen molar-refractivity contribution in [1.82, 2.24) is 15.0 Å². The van der Waals surface area contributed by atoms with Gasteiger partial charge in [0, 0.05) is 12.4 Å². The van der Waals surface area contributed by atoms with Gasteiger partial charge in [-0.25, -0.2) is 0 Å². The largest absolute Gasteiger partial charge is 0.463 e. The fourth-order valence-corrected chi connectivity index (χ4v) is 1.94. The SMILES string of the molecule is CCCOc1nc(Cl)nc(SCC(C)CO)n1. The van der Waals surface area contributed by atoms with E-state index in [2.05, 4.69) is 15.0 Å². The number of hydrogen-bond acceptors (Lipinski definition) is 6. The summed E-state index contributed by atoms with van der Waals surface area (Å²) in [6.07, 6.45) is 0.882. The van der Waals surface area contributed by atoms with Crippen LogP contribution in [0.4, 0.5) is 0 Å². The van der Waals surface area contributed by atoms with Crippen molar-refractivity contribution in [3.8, 4) is 6.01 Å². The normalized spacial score (nSPS) is 12.5. The summed E-state index contributed by atoms with van der Waals surface area (Å²) in [6.45, 7) is 4.65. The summed E-state index contributed by atoms with van der Waals surface area (Å²) in [4.78, 5) is 12.0. The van der Waals surface area contributed by atoms with Crippen LogP contribution in [0.15, 0.2) is 5.16 Å². The van der Waals surface area contributed by atoms with Gasteiger partial charge in [0.25, 0.3) is 0 Å². The molecule has 0 aromatic carbocycles. The number of hydrogen-bond donors (Lipinski definition) is 1. The first-order valence-electron chi connectivity index (χ1n) is 5.43. The van der Waals surface area contributed by atoms with Crippen LogP contribution in [0.1, 0.15) is 20.3 Å². The molecule has 5 nitrogen and oxygen atoms in total. The molecule has 0 saturated heterocycles. The second-order valence-electron chi connectivity index (χ2n) is 3.62.